The molecule has 2 aliphatic heterocycles. The van der Waals surface area contributed by atoms with Crippen molar-refractivity contribution in [2.24, 2.45) is 11.8 Å². The van der Waals surface area contributed by atoms with E-state index < -0.39 is 45.9 Å². The lowest BCUT2D eigenvalue weighted by molar-refractivity contribution is -0.147. The van der Waals surface area contributed by atoms with Gasteiger partial charge in [0.1, 0.15) is 5.76 Å². The summed E-state index contributed by atoms with van der Waals surface area (Å²) < 4.78 is 37.5. The Labute approximate surface area is 166 Å². The number of hydrogen-bond acceptors (Lipinski definition) is 7. The highest BCUT2D eigenvalue weighted by Crippen LogP contribution is 2.44. The second-order valence-corrected chi connectivity index (χ2v) is 8.80. The number of rotatable bonds is 6. The number of nitrogens with one attached hydrogen (secondary N) is 2. The van der Waals surface area contributed by atoms with Gasteiger partial charge in [-0.1, -0.05) is 5.16 Å². The molecule has 154 valence electrons. The lowest BCUT2D eigenvalue weighted by Crippen LogP contribution is -2.40. The molecule has 0 spiro atoms. The summed E-state index contributed by atoms with van der Waals surface area (Å²) in [5, 5.41) is 15.7. The minimum absolute atomic E-state index is 0.0252. The molecule has 4 atom stereocenters. The number of carbonyl (C=O) groups excluding carboxylic acids is 1. The molecule has 2 aromatic rings. The number of amides is 1. The van der Waals surface area contributed by atoms with Crippen molar-refractivity contribution in [3.8, 4) is 0 Å². The number of carboxylic acid groups (broad SMARTS) is 1. The average Bonchev–Trinajstić information content (AvgIpc) is 3.37. The van der Waals surface area contributed by atoms with E-state index in [0.29, 0.717) is 24.3 Å². The zero-order valence-corrected chi connectivity index (χ0v) is 16.2. The number of ether oxygens (including phenoxy) is 1. The van der Waals surface area contributed by atoms with Gasteiger partial charge in [-0.2, -0.15) is 0 Å². The van der Waals surface area contributed by atoms with E-state index in [9.17, 15) is 23.1 Å². The van der Waals surface area contributed by atoms with Crippen LogP contribution in [0, 0.1) is 18.8 Å². The van der Waals surface area contributed by atoms with Gasteiger partial charge in [-0.15, -0.1) is 0 Å². The molecule has 2 saturated heterocycles. The van der Waals surface area contributed by atoms with Crippen molar-refractivity contribution in [1.82, 2.24) is 5.16 Å². The Morgan fingerprint density at radius 1 is 1.14 bits per heavy atom. The molecule has 29 heavy (non-hydrogen) atoms. The van der Waals surface area contributed by atoms with Crippen molar-refractivity contribution in [3.63, 3.8) is 0 Å². The largest absolute Gasteiger partial charge is 0.481 e. The van der Waals surface area contributed by atoms with Crippen LogP contribution in [0.15, 0.2) is 39.8 Å². The Bertz CT molecular complexity index is 1050. The zero-order valence-electron chi connectivity index (χ0n) is 15.4. The lowest BCUT2D eigenvalue weighted by Gasteiger charge is -2.23. The molecule has 2 fully saturated rings. The second-order valence-electron chi connectivity index (χ2n) is 7.12. The summed E-state index contributed by atoms with van der Waals surface area (Å²) in [6.07, 6.45) is 0.440. The molecule has 10 nitrogen and oxygen atoms in total. The number of sulfonamides is 1. The van der Waals surface area contributed by atoms with E-state index >= 15 is 0 Å². The van der Waals surface area contributed by atoms with Crippen LogP contribution in [0.25, 0.3) is 0 Å². The summed E-state index contributed by atoms with van der Waals surface area (Å²) in [6.45, 7) is 1.64. The Morgan fingerprint density at radius 2 is 1.79 bits per heavy atom. The van der Waals surface area contributed by atoms with Crippen molar-refractivity contribution in [2.75, 3.05) is 10.0 Å². The van der Waals surface area contributed by atoms with Crippen molar-refractivity contribution in [1.29, 1.82) is 0 Å². The summed E-state index contributed by atoms with van der Waals surface area (Å²) in [6, 6.07) is 6.98. The topological polar surface area (TPSA) is 148 Å². The number of anilines is 2. The van der Waals surface area contributed by atoms with Crippen molar-refractivity contribution in [3.05, 3.63) is 36.1 Å². The van der Waals surface area contributed by atoms with Crippen molar-refractivity contribution >= 4 is 33.4 Å². The van der Waals surface area contributed by atoms with E-state index in [1.165, 1.54) is 30.3 Å². The third kappa shape index (κ3) is 3.70. The van der Waals surface area contributed by atoms with Gasteiger partial charge >= 0.3 is 5.97 Å². The third-order valence-corrected chi connectivity index (χ3v) is 6.53. The van der Waals surface area contributed by atoms with E-state index in [0.717, 1.165) is 0 Å². The van der Waals surface area contributed by atoms with E-state index in [-0.39, 0.29) is 10.7 Å². The summed E-state index contributed by atoms with van der Waals surface area (Å²) in [7, 11) is -3.87. The average molecular weight is 421 g/mol. The maximum absolute atomic E-state index is 12.6. The molecular formula is C18H19N3O7S. The van der Waals surface area contributed by atoms with Crippen LogP contribution in [0.5, 0.6) is 0 Å². The van der Waals surface area contributed by atoms with Gasteiger partial charge in [0.15, 0.2) is 5.82 Å². The number of fused-ring (bicyclic) bond motifs is 2. The molecule has 0 saturated carbocycles. The Balaban J connectivity index is 1.45. The minimum atomic E-state index is -3.87. The predicted octanol–water partition coefficient (Wildman–Crippen LogP) is 1.60. The predicted molar refractivity (Wildman–Crippen MR) is 99.6 cm³/mol. The maximum atomic E-state index is 12.6. The molecule has 1 amide bonds. The highest BCUT2D eigenvalue weighted by atomic mass is 32.2. The van der Waals surface area contributed by atoms with Crippen LogP contribution in [0.3, 0.4) is 0 Å². The molecule has 0 unspecified atom stereocenters. The normalized spacial score (nSPS) is 25.7. The fraction of sp³-hybridized carbons (Fsp3) is 0.389. The van der Waals surface area contributed by atoms with Gasteiger partial charge in [0.25, 0.3) is 10.0 Å². The van der Waals surface area contributed by atoms with E-state index in [1.807, 2.05) is 0 Å². The number of aryl methyl sites for hydroxylation is 1. The maximum Gasteiger partial charge on any atom is 0.310 e. The SMILES string of the molecule is Cc1cc(NS(=O)(=O)c2ccc(NC(=O)[C@@H]3[C@H](C(=O)O)[C@H]4CC[C@H]3O4)cc2)no1. The molecule has 3 N–H and O–H groups in total. The van der Waals surface area contributed by atoms with Gasteiger partial charge in [-0.25, -0.2) is 8.42 Å². The Kier molecular flexibility index (Phi) is 4.79. The van der Waals surface area contributed by atoms with Crippen LogP contribution in [0.4, 0.5) is 11.5 Å². The molecule has 2 bridgehead atoms. The molecule has 1 aromatic carbocycles. The first-order chi connectivity index (χ1) is 13.7. The van der Waals surface area contributed by atoms with Gasteiger partial charge < -0.3 is 19.7 Å². The van der Waals surface area contributed by atoms with Gasteiger partial charge in [0.2, 0.25) is 5.91 Å². The van der Waals surface area contributed by atoms with Gasteiger partial charge in [0, 0.05) is 11.8 Å². The fourth-order valence-electron chi connectivity index (χ4n) is 3.88. The summed E-state index contributed by atoms with van der Waals surface area (Å²) in [5.41, 5.74) is 0.359. The van der Waals surface area contributed by atoms with Crippen LogP contribution < -0.4 is 10.0 Å². The molecule has 3 heterocycles. The number of nitrogens with zero attached hydrogens (tertiary/aromatic N) is 1. The first-order valence-corrected chi connectivity index (χ1v) is 10.5. The first-order valence-electron chi connectivity index (χ1n) is 9.00. The number of carboxylic acids is 1. The monoisotopic (exact) mass is 421 g/mol. The van der Waals surface area contributed by atoms with Gasteiger partial charge in [-0.05, 0) is 44.0 Å². The third-order valence-electron chi connectivity index (χ3n) is 5.16. The minimum Gasteiger partial charge on any atom is -0.481 e. The van der Waals surface area contributed by atoms with Crippen molar-refractivity contribution < 1.29 is 32.4 Å². The summed E-state index contributed by atoms with van der Waals surface area (Å²) in [4.78, 5) is 24.1. The first kappa shape index (κ1) is 19.4. The van der Waals surface area contributed by atoms with Crippen LogP contribution in [0.1, 0.15) is 18.6 Å². The standard InChI is InChI=1S/C18H19N3O7S/c1-9-8-14(20-28-9)21-29(25,26)11-4-2-10(3-5-11)19-17(22)15-12-6-7-13(27-12)16(15)18(23)24/h2-5,8,12-13,15-16H,6-7H2,1H3,(H,19,22)(H,20,21)(H,23,24)/t12-,13-,15+,16-/m1/s1. The van der Waals surface area contributed by atoms with Crippen molar-refractivity contribution in [2.45, 2.75) is 36.9 Å². The Morgan fingerprint density at radius 3 is 2.38 bits per heavy atom. The number of carbonyl (C=O) groups is 2. The number of aliphatic carboxylic acids is 1. The molecule has 0 radical (unpaired) electrons. The van der Waals surface area contributed by atoms with Crippen LogP contribution in [-0.2, 0) is 24.3 Å². The lowest BCUT2D eigenvalue weighted by atomic mass is 9.78. The van der Waals surface area contributed by atoms with Crippen LogP contribution >= 0.6 is 0 Å². The zero-order chi connectivity index (χ0) is 20.8. The number of aromatic nitrogens is 1. The number of benzene rings is 1. The highest BCUT2D eigenvalue weighted by molar-refractivity contribution is 7.92. The molecule has 4 rings (SSSR count). The fourth-order valence-corrected chi connectivity index (χ4v) is 4.86. The van der Waals surface area contributed by atoms with Crippen LogP contribution in [0.2, 0.25) is 0 Å². The van der Waals surface area contributed by atoms with E-state index in [2.05, 4.69) is 15.2 Å². The van der Waals surface area contributed by atoms with E-state index in [4.69, 9.17) is 9.26 Å². The summed E-state index contributed by atoms with van der Waals surface area (Å²) in [5.74, 6) is -2.61. The quantitative estimate of drug-likeness (QED) is 0.637. The molecular weight excluding hydrogens is 402 g/mol. The Hall–Kier alpha value is -2.92. The van der Waals surface area contributed by atoms with Gasteiger partial charge in [-0.3, -0.25) is 14.3 Å². The van der Waals surface area contributed by atoms with Crippen LogP contribution in [-0.4, -0.2) is 42.8 Å². The molecule has 11 heteroatoms. The summed E-state index contributed by atoms with van der Waals surface area (Å²) >= 11 is 0. The van der Waals surface area contributed by atoms with Gasteiger partial charge in [0.05, 0.1) is 28.9 Å². The number of hydrogen-bond donors (Lipinski definition) is 3. The molecule has 2 aliphatic rings. The highest BCUT2D eigenvalue weighted by Gasteiger charge is 2.55. The molecule has 1 aromatic heterocycles. The van der Waals surface area contributed by atoms with E-state index in [1.54, 1.807) is 6.92 Å². The second kappa shape index (κ2) is 7.16. The molecule has 0 aliphatic carbocycles. The smallest absolute Gasteiger partial charge is 0.310 e.